The average Bonchev–Trinajstić information content (AvgIpc) is 3.00. The summed E-state index contributed by atoms with van der Waals surface area (Å²) < 4.78 is 0. The second kappa shape index (κ2) is 5.94. The van der Waals surface area contributed by atoms with E-state index < -0.39 is 0 Å². The number of nitrogens with two attached hydrogens (primary N) is 1. The summed E-state index contributed by atoms with van der Waals surface area (Å²) in [5.41, 5.74) is 8.72. The lowest BCUT2D eigenvalue weighted by atomic mass is 10.1. The smallest absolute Gasteiger partial charge is 0.264 e. The van der Waals surface area contributed by atoms with E-state index in [1.54, 1.807) is 12.3 Å². The highest BCUT2D eigenvalue weighted by molar-refractivity contribution is 8.18. The van der Waals surface area contributed by atoms with Crippen molar-refractivity contribution in [1.29, 1.82) is 0 Å². The Kier molecular flexibility index (Phi) is 4.00. The molecule has 2 heterocycles. The molecular formula is C15H14N4OS2. The number of anilines is 1. The highest BCUT2D eigenvalue weighted by atomic mass is 32.2. The lowest BCUT2D eigenvalue weighted by molar-refractivity contribution is -0.115. The van der Waals surface area contributed by atoms with Crippen molar-refractivity contribution in [2.75, 3.05) is 5.73 Å². The average molecular weight is 330 g/mol. The van der Waals surface area contributed by atoms with E-state index in [0.29, 0.717) is 15.2 Å². The fourth-order valence-corrected chi connectivity index (χ4v) is 3.55. The Balaban J connectivity index is 1.85. The maximum absolute atomic E-state index is 12.0. The van der Waals surface area contributed by atoms with Crippen LogP contribution in [-0.2, 0) is 4.79 Å². The molecule has 0 unspecified atom stereocenters. The Hall–Kier alpha value is -2.12. The summed E-state index contributed by atoms with van der Waals surface area (Å²) in [6.45, 7) is 4.04. The number of nitrogens with zero attached hydrogens (tertiary/aromatic N) is 2. The standard InChI is InChI=1S/C15H14N4OS2/c1-8-3-4-11(9(2)5-8)18-15-19-13(20)12(22-15)6-10-7-17-14(16)21-10/h3-7H,1-2H3,(H2,16,17)(H,18,19,20). The number of thioether (sulfide) groups is 1. The van der Waals surface area contributed by atoms with Crippen LogP contribution in [0.5, 0.6) is 0 Å². The molecule has 112 valence electrons. The Labute approximate surface area is 136 Å². The molecule has 1 aliphatic heterocycles. The zero-order valence-electron chi connectivity index (χ0n) is 12.1. The second-order valence-electron chi connectivity index (χ2n) is 4.87. The van der Waals surface area contributed by atoms with Crippen molar-refractivity contribution in [3.63, 3.8) is 0 Å². The van der Waals surface area contributed by atoms with E-state index in [1.165, 1.54) is 28.7 Å². The summed E-state index contributed by atoms with van der Waals surface area (Å²) in [6.07, 6.45) is 3.43. The minimum absolute atomic E-state index is 0.152. The van der Waals surface area contributed by atoms with Gasteiger partial charge in [-0.15, -0.1) is 0 Å². The van der Waals surface area contributed by atoms with E-state index in [-0.39, 0.29) is 5.91 Å². The molecule has 1 aromatic heterocycles. The van der Waals surface area contributed by atoms with Gasteiger partial charge in [-0.3, -0.25) is 4.79 Å². The number of hydrogen-bond acceptors (Lipinski definition) is 6. The molecule has 0 bridgehead atoms. The molecule has 0 aliphatic carbocycles. The number of nitrogens with one attached hydrogen (secondary N) is 1. The van der Waals surface area contributed by atoms with Gasteiger partial charge < -0.3 is 11.1 Å². The molecule has 0 saturated carbocycles. The second-order valence-corrected chi connectivity index (χ2v) is 7.00. The van der Waals surface area contributed by atoms with E-state index in [4.69, 9.17) is 5.73 Å². The number of amidine groups is 1. The zero-order chi connectivity index (χ0) is 15.7. The van der Waals surface area contributed by atoms with Gasteiger partial charge in [0.15, 0.2) is 10.3 Å². The van der Waals surface area contributed by atoms with Crippen molar-refractivity contribution >= 4 is 51.1 Å². The summed E-state index contributed by atoms with van der Waals surface area (Å²) in [5.74, 6) is -0.152. The minimum atomic E-state index is -0.152. The fourth-order valence-electron chi connectivity index (χ4n) is 2.02. The summed E-state index contributed by atoms with van der Waals surface area (Å²) >= 11 is 2.66. The number of thiazole rings is 1. The van der Waals surface area contributed by atoms with Gasteiger partial charge in [-0.05, 0) is 43.3 Å². The van der Waals surface area contributed by atoms with Crippen molar-refractivity contribution < 1.29 is 4.79 Å². The van der Waals surface area contributed by atoms with Gasteiger partial charge in [0.05, 0.1) is 15.5 Å². The molecule has 1 aliphatic rings. The van der Waals surface area contributed by atoms with E-state index in [1.807, 2.05) is 26.0 Å². The SMILES string of the molecule is Cc1ccc(N=C2NC(=O)C(=Cc3cnc(N)s3)S2)c(C)c1. The summed E-state index contributed by atoms with van der Waals surface area (Å²) in [5, 5.41) is 3.85. The predicted molar refractivity (Wildman–Crippen MR) is 93.2 cm³/mol. The lowest BCUT2D eigenvalue weighted by Crippen LogP contribution is -2.19. The fraction of sp³-hybridized carbons (Fsp3) is 0.133. The van der Waals surface area contributed by atoms with Crippen LogP contribution in [0.2, 0.25) is 0 Å². The number of amides is 1. The number of nitrogen functional groups attached to an aromatic ring is 1. The summed E-state index contributed by atoms with van der Waals surface area (Å²) in [7, 11) is 0. The van der Waals surface area contributed by atoms with Crippen LogP contribution in [0.3, 0.4) is 0 Å². The number of carbonyl (C=O) groups is 1. The normalized spacial score (nSPS) is 18.2. The van der Waals surface area contributed by atoms with Crippen molar-refractivity contribution in [2.24, 2.45) is 4.99 Å². The molecule has 0 radical (unpaired) electrons. The van der Waals surface area contributed by atoms with Crippen LogP contribution >= 0.6 is 23.1 Å². The van der Waals surface area contributed by atoms with Crippen LogP contribution in [0.25, 0.3) is 6.08 Å². The number of aromatic nitrogens is 1. The van der Waals surface area contributed by atoms with Crippen molar-refractivity contribution in [2.45, 2.75) is 13.8 Å². The number of aryl methyl sites for hydroxylation is 2. The number of aliphatic imine (C=N–C) groups is 1. The molecule has 7 heteroatoms. The molecule has 2 aromatic rings. The number of rotatable bonds is 2. The molecule has 1 aromatic carbocycles. The summed E-state index contributed by atoms with van der Waals surface area (Å²) in [4.78, 5) is 21.9. The van der Waals surface area contributed by atoms with Crippen molar-refractivity contribution in [3.05, 3.63) is 45.3 Å². The van der Waals surface area contributed by atoms with E-state index in [9.17, 15) is 4.79 Å². The third kappa shape index (κ3) is 3.20. The van der Waals surface area contributed by atoms with Crippen molar-refractivity contribution in [1.82, 2.24) is 10.3 Å². The largest absolute Gasteiger partial charge is 0.375 e. The first-order valence-electron chi connectivity index (χ1n) is 6.59. The van der Waals surface area contributed by atoms with Gasteiger partial charge in [0.2, 0.25) is 0 Å². The third-order valence-corrected chi connectivity index (χ3v) is 4.72. The van der Waals surface area contributed by atoms with Crippen LogP contribution in [0.15, 0.2) is 34.3 Å². The van der Waals surface area contributed by atoms with Crippen LogP contribution in [0.1, 0.15) is 16.0 Å². The van der Waals surface area contributed by atoms with Gasteiger partial charge >= 0.3 is 0 Å². The monoisotopic (exact) mass is 330 g/mol. The summed E-state index contributed by atoms with van der Waals surface area (Å²) in [6, 6.07) is 6.03. The maximum atomic E-state index is 12.0. The Morgan fingerprint density at radius 1 is 1.36 bits per heavy atom. The molecule has 0 atom stereocenters. The zero-order valence-corrected chi connectivity index (χ0v) is 13.7. The quantitative estimate of drug-likeness (QED) is 0.828. The van der Waals surface area contributed by atoms with Crippen LogP contribution in [-0.4, -0.2) is 16.1 Å². The molecule has 1 saturated heterocycles. The minimum Gasteiger partial charge on any atom is -0.375 e. The van der Waals surface area contributed by atoms with Crippen LogP contribution < -0.4 is 11.1 Å². The van der Waals surface area contributed by atoms with Crippen LogP contribution in [0.4, 0.5) is 10.8 Å². The van der Waals surface area contributed by atoms with E-state index in [2.05, 4.69) is 21.4 Å². The number of benzene rings is 1. The third-order valence-electron chi connectivity index (χ3n) is 3.04. The van der Waals surface area contributed by atoms with E-state index in [0.717, 1.165) is 16.1 Å². The molecule has 3 N–H and O–H groups in total. The molecule has 1 amide bonds. The van der Waals surface area contributed by atoms with Gasteiger partial charge in [0, 0.05) is 6.20 Å². The molecule has 22 heavy (non-hydrogen) atoms. The van der Waals surface area contributed by atoms with Crippen molar-refractivity contribution in [3.8, 4) is 0 Å². The van der Waals surface area contributed by atoms with Gasteiger partial charge in [-0.2, -0.15) is 0 Å². The van der Waals surface area contributed by atoms with Gasteiger partial charge in [-0.25, -0.2) is 9.98 Å². The Morgan fingerprint density at radius 2 is 2.18 bits per heavy atom. The maximum Gasteiger partial charge on any atom is 0.264 e. The van der Waals surface area contributed by atoms with Gasteiger partial charge in [0.1, 0.15) is 0 Å². The highest BCUT2D eigenvalue weighted by Crippen LogP contribution is 2.30. The molecular weight excluding hydrogens is 316 g/mol. The lowest BCUT2D eigenvalue weighted by Gasteiger charge is -2.02. The molecule has 0 spiro atoms. The first-order chi connectivity index (χ1) is 10.5. The van der Waals surface area contributed by atoms with Crippen LogP contribution in [0, 0.1) is 13.8 Å². The van der Waals surface area contributed by atoms with Gasteiger partial charge in [-0.1, -0.05) is 29.0 Å². The van der Waals surface area contributed by atoms with E-state index >= 15 is 0 Å². The topological polar surface area (TPSA) is 80.4 Å². The molecule has 1 fully saturated rings. The highest BCUT2D eigenvalue weighted by Gasteiger charge is 2.24. The Morgan fingerprint density at radius 3 is 2.86 bits per heavy atom. The molecule has 3 rings (SSSR count). The molecule has 5 nitrogen and oxygen atoms in total. The predicted octanol–water partition coefficient (Wildman–Crippen LogP) is 3.23. The Bertz CT molecular complexity index is 808. The first-order valence-corrected chi connectivity index (χ1v) is 8.23. The number of carbonyl (C=O) groups excluding carboxylic acids is 1. The number of hydrogen-bond donors (Lipinski definition) is 2. The van der Waals surface area contributed by atoms with Gasteiger partial charge in [0.25, 0.3) is 5.91 Å². The first kappa shape index (κ1) is 14.8.